The lowest BCUT2D eigenvalue weighted by molar-refractivity contribution is 0.150. The molecule has 1 aliphatic heterocycles. The second-order valence-corrected chi connectivity index (χ2v) is 5.83. The van der Waals surface area contributed by atoms with E-state index in [-0.39, 0.29) is 30.6 Å². The lowest BCUT2D eigenvalue weighted by atomic mass is 9.97. The van der Waals surface area contributed by atoms with Crippen molar-refractivity contribution in [2.75, 3.05) is 40.4 Å². The zero-order valence-corrected chi connectivity index (χ0v) is 15.2. The number of methoxy groups -OCH3 is 2. The maximum absolute atomic E-state index is 9.84. The highest BCUT2D eigenvalue weighted by molar-refractivity contribution is 5.85. The molecule has 2 aliphatic rings. The smallest absolute Gasteiger partial charge is 0.131 e. The van der Waals surface area contributed by atoms with Crippen molar-refractivity contribution in [2.24, 2.45) is 5.92 Å². The largest absolute Gasteiger partial charge is 0.508 e. The van der Waals surface area contributed by atoms with Crippen LogP contribution >= 0.6 is 24.8 Å². The van der Waals surface area contributed by atoms with Crippen LogP contribution in [-0.2, 0) is 0 Å². The minimum absolute atomic E-state index is 0. The summed E-state index contributed by atoms with van der Waals surface area (Å²) in [5.41, 5.74) is 1.09. The van der Waals surface area contributed by atoms with E-state index in [4.69, 9.17) is 9.47 Å². The number of hydrogen-bond donors (Lipinski definition) is 2. The Hall–Kier alpha value is -0.880. The summed E-state index contributed by atoms with van der Waals surface area (Å²) < 4.78 is 11.1. The third-order valence-electron chi connectivity index (χ3n) is 4.44. The van der Waals surface area contributed by atoms with Gasteiger partial charge in [-0.2, -0.15) is 0 Å². The number of phenols is 1. The number of nitrogens with zero attached hydrogens (tertiary/aromatic N) is 1. The molecule has 132 valence electrons. The van der Waals surface area contributed by atoms with Gasteiger partial charge in [-0.3, -0.25) is 4.90 Å². The number of benzene rings is 1. The van der Waals surface area contributed by atoms with Crippen molar-refractivity contribution in [3.8, 4) is 17.2 Å². The molecular formula is C16H26Cl2N2O3. The maximum atomic E-state index is 9.84. The van der Waals surface area contributed by atoms with Crippen molar-refractivity contribution in [1.82, 2.24) is 10.2 Å². The summed E-state index contributed by atoms with van der Waals surface area (Å²) in [4.78, 5) is 2.52. The van der Waals surface area contributed by atoms with Gasteiger partial charge in [-0.1, -0.05) is 0 Å². The highest BCUT2D eigenvalue weighted by Crippen LogP contribution is 2.50. The van der Waals surface area contributed by atoms with Crippen LogP contribution in [0.15, 0.2) is 12.1 Å². The average molecular weight is 365 g/mol. The van der Waals surface area contributed by atoms with Crippen molar-refractivity contribution in [3.63, 3.8) is 0 Å². The molecule has 7 heteroatoms. The van der Waals surface area contributed by atoms with E-state index < -0.39 is 0 Å². The van der Waals surface area contributed by atoms with Crippen LogP contribution in [0.1, 0.15) is 24.4 Å². The Morgan fingerprint density at radius 1 is 1.09 bits per heavy atom. The number of rotatable bonds is 5. The molecule has 2 fully saturated rings. The Morgan fingerprint density at radius 3 is 2.04 bits per heavy atom. The van der Waals surface area contributed by atoms with Gasteiger partial charge in [0.1, 0.15) is 17.2 Å². The van der Waals surface area contributed by atoms with Gasteiger partial charge in [0, 0.05) is 44.4 Å². The van der Waals surface area contributed by atoms with E-state index in [9.17, 15) is 5.11 Å². The molecule has 0 bridgehead atoms. The molecule has 1 aromatic rings. The summed E-state index contributed by atoms with van der Waals surface area (Å²) >= 11 is 0. The summed E-state index contributed by atoms with van der Waals surface area (Å²) in [5.74, 6) is 2.29. The predicted molar refractivity (Wildman–Crippen MR) is 95.6 cm³/mol. The number of aromatic hydroxyl groups is 1. The van der Waals surface area contributed by atoms with Gasteiger partial charge in [0.15, 0.2) is 0 Å². The molecule has 1 heterocycles. The third kappa shape index (κ3) is 4.35. The van der Waals surface area contributed by atoms with Gasteiger partial charge in [0.2, 0.25) is 0 Å². The van der Waals surface area contributed by atoms with E-state index in [1.807, 2.05) is 0 Å². The van der Waals surface area contributed by atoms with Gasteiger partial charge in [-0.05, 0) is 18.8 Å². The number of hydrogen-bond acceptors (Lipinski definition) is 5. The molecule has 0 unspecified atom stereocenters. The van der Waals surface area contributed by atoms with Crippen LogP contribution in [0.5, 0.6) is 17.2 Å². The number of nitrogens with one attached hydrogen (secondary N) is 1. The van der Waals surface area contributed by atoms with Gasteiger partial charge in [0.25, 0.3) is 0 Å². The van der Waals surface area contributed by atoms with Gasteiger partial charge in [0.05, 0.1) is 19.8 Å². The standard InChI is InChI=1S/C16H24N2O3.2ClH/c1-20-13-9-12(19)10-14(21-2)15(13)16(11-3-4-11)18-7-5-17-6-8-18;;/h9-11,16-17,19H,3-8H2,1-2H3;2*1H/t16-;;/m1../s1. The fourth-order valence-corrected chi connectivity index (χ4v) is 3.31. The highest BCUT2D eigenvalue weighted by atomic mass is 35.5. The number of ether oxygens (including phenoxy) is 2. The maximum Gasteiger partial charge on any atom is 0.131 e. The van der Waals surface area contributed by atoms with E-state index in [0.717, 1.165) is 43.2 Å². The Bertz CT molecular complexity index is 481. The molecule has 0 aromatic heterocycles. The molecule has 0 spiro atoms. The average Bonchev–Trinajstić information content (AvgIpc) is 3.34. The lowest BCUT2D eigenvalue weighted by Crippen LogP contribution is -2.45. The summed E-state index contributed by atoms with van der Waals surface area (Å²) in [6.45, 7) is 4.11. The fraction of sp³-hybridized carbons (Fsp3) is 0.625. The van der Waals surface area contributed by atoms with Crippen molar-refractivity contribution >= 4 is 24.8 Å². The van der Waals surface area contributed by atoms with Gasteiger partial charge in [-0.15, -0.1) is 24.8 Å². The molecule has 1 saturated heterocycles. The first-order valence-electron chi connectivity index (χ1n) is 7.64. The lowest BCUT2D eigenvalue weighted by Gasteiger charge is -2.36. The normalized spacial score (nSPS) is 19.2. The second-order valence-electron chi connectivity index (χ2n) is 5.83. The van der Waals surface area contributed by atoms with E-state index in [1.165, 1.54) is 12.8 Å². The summed E-state index contributed by atoms with van der Waals surface area (Å²) in [5, 5.41) is 13.2. The molecule has 1 aromatic carbocycles. The van der Waals surface area contributed by atoms with Crippen molar-refractivity contribution in [3.05, 3.63) is 17.7 Å². The van der Waals surface area contributed by atoms with Crippen LogP contribution < -0.4 is 14.8 Å². The molecule has 0 amide bonds. The summed E-state index contributed by atoms with van der Waals surface area (Å²) in [7, 11) is 3.30. The minimum atomic E-state index is 0. The zero-order chi connectivity index (χ0) is 14.8. The highest BCUT2D eigenvalue weighted by Gasteiger charge is 2.40. The zero-order valence-electron chi connectivity index (χ0n) is 13.6. The van der Waals surface area contributed by atoms with Gasteiger partial charge >= 0.3 is 0 Å². The number of piperazine rings is 1. The Balaban J connectivity index is 0.00000132. The fourth-order valence-electron chi connectivity index (χ4n) is 3.31. The monoisotopic (exact) mass is 364 g/mol. The van der Waals surface area contributed by atoms with Gasteiger partial charge < -0.3 is 19.9 Å². The minimum Gasteiger partial charge on any atom is -0.508 e. The van der Waals surface area contributed by atoms with Crippen molar-refractivity contribution in [1.29, 1.82) is 0 Å². The molecule has 1 aliphatic carbocycles. The molecule has 5 nitrogen and oxygen atoms in total. The first-order valence-corrected chi connectivity index (χ1v) is 7.64. The van der Waals surface area contributed by atoms with E-state index in [2.05, 4.69) is 10.2 Å². The molecule has 0 radical (unpaired) electrons. The summed E-state index contributed by atoms with van der Waals surface area (Å²) in [6, 6.07) is 3.70. The van der Waals surface area contributed by atoms with Gasteiger partial charge in [-0.25, -0.2) is 0 Å². The molecule has 1 atom stereocenters. The van der Waals surface area contributed by atoms with Crippen molar-refractivity contribution < 1.29 is 14.6 Å². The van der Waals surface area contributed by atoms with E-state index in [0.29, 0.717) is 12.0 Å². The molecule has 23 heavy (non-hydrogen) atoms. The van der Waals surface area contributed by atoms with E-state index >= 15 is 0 Å². The van der Waals surface area contributed by atoms with E-state index in [1.54, 1.807) is 26.4 Å². The van der Waals surface area contributed by atoms with Crippen LogP contribution in [0.4, 0.5) is 0 Å². The first-order chi connectivity index (χ1) is 10.2. The second kappa shape index (κ2) is 8.83. The number of phenolic OH excluding ortho intramolecular Hbond substituents is 1. The topological polar surface area (TPSA) is 54.0 Å². The van der Waals surface area contributed by atoms with Crippen LogP contribution in [-0.4, -0.2) is 50.4 Å². The Morgan fingerprint density at radius 2 is 1.61 bits per heavy atom. The Labute approximate surface area is 150 Å². The number of halogens is 2. The Kier molecular flexibility index (Phi) is 7.74. The van der Waals surface area contributed by atoms with Crippen LogP contribution in [0.3, 0.4) is 0 Å². The SMILES string of the molecule is COc1cc(O)cc(OC)c1[C@@H](C1CC1)N1CCNCC1.Cl.Cl. The van der Waals surface area contributed by atoms with Crippen LogP contribution in [0, 0.1) is 5.92 Å². The molecule has 3 rings (SSSR count). The molecular weight excluding hydrogens is 339 g/mol. The van der Waals surface area contributed by atoms with Crippen molar-refractivity contribution in [2.45, 2.75) is 18.9 Å². The van der Waals surface area contributed by atoms with Crippen LogP contribution in [0.2, 0.25) is 0 Å². The summed E-state index contributed by atoms with van der Waals surface area (Å²) in [6.07, 6.45) is 2.50. The van der Waals surface area contributed by atoms with Crippen LogP contribution in [0.25, 0.3) is 0 Å². The quantitative estimate of drug-likeness (QED) is 0.840. The molecule has 1 saturated carbocycles. The molecule has 2 N–H and O–H groups in total. The predicted octanol–water partition coefficient (Wildman–Crippen LogP) is 2.61. The first kappa shape index (κ1) is 20.2. The third-order valence-corrected chi connectivity index (χ3v) is 4.44.